The molecule has 0 saturated heterocycles. The first-order valence-corrected chi connectivity index (χ1v) is 12.7. The Morgan fingerprint density at radius 3 is 2.00 bits per heavy atom. The number of hydrogen-bond donors (Lipinski definition) is 1. The molecule has 0 bridgehead atoms. The van der Waals surface area contributed by atoms with E-state index in [2.05, 4.69) is 4.72 Å². The maximum absolute atomic E-state index is 13.4. The van der Waals surface area contributed by atoms with E-state index in [9.17, 15) is 13.2 Å². The zero-order chi connectivity index (χ0) is 24.6. The quantitative estimate of drug-likeness (QED) is 0.461. The van der Waals surface area contributed by atoms with Crippen molar-refractivity contribution in [3.63, 3.8) is 0 Å². The maximum atomic E-state index is 13.4. The van der Waals surface area contributed by atoms with Crippen molar-refractivity contribution in [3.05, 3.63) is 77.4 Å². The molecule has 5 rings (SSSR count). The SMILES string of the molecule is CC(C)c1ccc(S(=O)(=O)NC(=O)C(Cc2ccc3c(c2)OCO3)c2ccc3c(c2)OCO3)cc1.[K]. The Hall–Kier alpha value is -2.08. The minimum atomic E-state index is -4.07. The van der Waals surface area contributed by atoms with Crippen molar-refractivity contribution in [2.45, 2.75) is 37.0 Å². The largest absolute Gasteiger partial charge is 0.454 e. The standard InChI is InChI=1S/C26H25NO7S.K/c1-16(2)18-4-7-20(8-5-18)35(29,30)27-26(28)21(19-6-10-23-25(13-19)34-15-32-23)11-17-3-9-22-24(12-17)33-14-31-22;/h3-10,12-13,16,21H,11,14-15H2,1-2H3,(H,27,28);. The van der Waals surface area contributed by atoms with Crippen molar-refractivity contribution in [3.8, 4) is 23.0 Å². The molecule has 10 heteroatoms. The van der Waals surface area contributed by atoms with Gasteiger partial charge < -0.3 is 18.9 Å². The number of benzene rings is 3. The third-order valence-electron chi connectivity index (χ3n) is 6.08. The van der Waals surface area contributed by atoms with Gasteiger partial charge in [0, 0.05) is 51.4 Å². The average molecular weight is 535 g/mol. The molecule has 2 aliphatic heterocycles. The number of carbonyl (C=O) groups is 1. The average Bonchev–Trinajstić information content (AvgIpc) is 3.50. The maximum Gasteiger partial charge on any atom is 0.264 e. The summed E-state index contributed by atoms with van der Waals surface area (Å²) in [5, 5.41) is 0. The van der Waals surface area contributed by atoms with Crippen molar-refractivity contribution in [1.29, 1.82) is 0 Å². The van der Waals surface area contributed by atoms with Gasteiger partial charge in [0.15, 0.2) is 23.0 Å². The molecule has 183 valence electrons. The van der Waals surface area contributed by atoms with E-state index in [-0.39, 0.29) is 82.2 Å². The van der Waals surface area contributed by atoms with Crippen LogP contribution in [0.1, 0.15) is 42.4 Å². The normalized spacial score (nSPS) is 14.3. The van der Waals surface area contributed by atoms with E-state index < -0.39 is 21.8 Å². The van der Waals surface area contributed by atoms with E-state index in [4.69, 9.17) is 18.9 Å². The molecule has 0 aliphatic carbocycles. The molecule has 1 radical (unpaired) electrons. The number of rotatable bonds is 7. The van der Waals surface area contributed by atoms with Crippen LogP contribution in [-0.2, 0) is 21.2 Å². The summed E-state index contributed by atoms with van der Waals surface area (Å²) >= 11 is 0. The Labute approximate surface area is 252 Å². The van der Waals surface area contributed by atoms with Crippen molar-refractivity contribution in [1.82, 2.24) is 4.72 Å². The van der Waals surface area contributed by atoms with Crippen LogP contribution >= 0.6 is 0 Å². The van der Waals surface area contributed by atoms with Crippen LogP contribution < -0.4 is 23.7 Å². The zero-order valence-corrected chi connectivity index (χ0v) is 24.3. The van der Waals surface area contributed by atoms with Gasteiger partial charge in [0.2, 0.25) is 19.5 Å². The number of carbonyl (C=O) groups excluding carboxylic acids is 1. The van der Waals surface area contributed by atoms with Crippen LogP contribution in [0, 0.1) is 0 Å². The van der Waals surface area contributed by atoms with Crippen molar-refractivity contribution < 1.29 is 32.2 Å². The summed E-state index contributed by atoms with van der Waals surface area (Å²) < 4.78 is 50.0. The van der Waals surface area contributed by atoms with Crippen molar-refractivity contribution >= 4 is 67.3 Å². The first-order chi connectivity index (χ1) is 16.8. The summed E-state index contributed by atoms with van der Waals surface area (Å²) in [6, 6.07) is 17.1. The monoisotopic (exact) mass is 534 g/mol. The van der Waals surface area contributed by atoms with Crippen LogP contribution in [0.5, 0.6) is 23.0 Å². The van der Waals surface area contributed by atoms with Gasteiger partial charge in [-0.1, -0.05) is 38.1 Å². The summed E-state index contributed by atoms with van der Waals surface area (Å²) in [7, 11) is -4.07. The van der Waals surface area contributed by atoms with E-state index in [1.54, 1.807) is 42.5 Å². The third-order valence-corrected chi connectivity index (χ3v) is 7.45. The van der Waals surface area contributed by atoms with Gasteiger partial charge in [0.05, 0.1) is 10.8 Å². The molecule has 1 unspecified atom stereocenters. The molecule has 36 heavy (non-hydrogen) atoms. The van der Waals surface area contributed by atoms with E-state index >= 15 is 0 Å². The fourth-order valence-corrected chi connectivity index (χ4v) is 5.11. The Balaban J connectivity index is 0.00000304. The molecular weight excluding hydrogens is 509 g/mol. The molecule has 1 atom stereocenters. The van der Waals surface area contributed by atoms with Gasteiger partial charge in [0.25, 0.3) is 10.0 Å². The van der Waals surface area contributed by atoms with E-state index in [0.29, 0.717) is 28.6 Å². The second-order valence-corrected chi connectivity index (χ2v) is 10.4. The van der Waals surface area contributed by atoms with Crippen LogP contribution in [0.2, 0.25) is 0 Å². The third kappa shape index (κ3) is 5.74. The first-order valence-electron chi connectivity index (χ1n) is 11.2. The summed E-state index contributed by atoms with van der Waals surface area (Å²) in [6.07, 6.45) is 0.240. The van der Waals surface area contributed by atoms with Crippen LogP contribution in [-0.4, -0.2) is 79.3 Å². The second kappa shape index (κ2) is 11.1. The van der Waals surface area contributed by atoms with Gasteiger partial charge in [-0.15, -0.1) is 0 Å². The predicted octanol–water partition coefficient (Wildman–Crippen LogP) is 3.72. The van der Waals surface area contributed by atoms with Crippen LogP contribution in [0.4, 0.5) is 0 Å². The second-order valence-electron chi connectivity index (χ2n) is 8.75. The number of sulfonamides is 1. The van der Waals surface area contributed by atoms with Gasteiger partial charge in [-0.25, -0.2) is 13.1 Å². The number of fused-ring (bicyclic) bond motifs is 2. The number of ether oxygens (including phenoxy) is 4. The van der Waals surface area contributed by atoms with E-state index in [0.717, 1.165) is 11.1 Å². The molecule has 1 amide bonds. The zero-order valence-electron chi connectivity index (χ0n) is 20.3. The Morgan fingerprint density at radius 1 is 0.806 bits per heavy atom. The molecule has 0 saturated carbocycles. The molecule has 2 aliphatic rings. The minimum absolute atomic E-state index is 0. The van der Waals surface area contributed by atoms with Crippen LogP contribution in [0.3, 0.4) is 0 Å². The molecule has 3 aromatic rings. The fourth-order valence-electron chi connectivity index (χ4n) is 4.09. The molecule has 3 aromatic carbocycles. The molecule has 0 spiro atoms. The number of nitrogens with one attached hydrogen (secondary N) is 1. The van der Waals surface area contributed by atoms with Crippen LogP contribution in [0.15, 0.2) is 65.6 Å². The molecule has 0 fully saturated rings. The van der Waals surface area contributed by atoms with Gasteiger partial charge in [0.1, 0.15) is 0 Å². The minimum Gasteiger partial charge on any atom is -0.454 e. The van der Waals surface area contributed by atoms with Gasteiger partial charge in [-0.05, 0) is 65.4 Å². The van der Waals surface area contributed by atoms with Gasteiger partial charge in [-0.2, -0.15) is 0 Å². The van der Waals surface area contributed by atoms with E-state index in [1.807, 2.05) is 19.9 Å². The Kier molecular flexibility index (Phi) is 8.33. The van der Waals surface area contributed by atoms with E-state index in [1.165, 1.54) is 12.1 Å². The van der Waals surface area contributed by atoms with Crippen molar-refractivity contribution in [2.75, 3.05) is 13.6 Å². The molecule has 0 aromatic heterocycles. The number of amides is 1. The Bertz CT molecular complexity index is 1370. The molecular formula is C26H25KNO7S. The van der Waals surface area contributed by atoms with Crippen LogP contribution in [0.25, 0.3) is 0 Å². The van der Waals surface area contributed by atoms with Gasteiger partial charge >= 0.3 is 0 Å². The predicted molar refractivity (Wildman–Crippen MR) is 133 cm³/mol. The fraction of sp³-hybridized carbons (Fsp3) is 0.269. The molecule has 8 nitrogen and oxygen atoms in total. The first kappa shape index (κ1) is 27.0. The Morgan fingerprint density at radius 2 is 1.36 bits per heavy atom. The van der Waals surface area contributed by atoms with Crippen molar-refractivity contribution in [2.24, 2.45) is 0 Å². The summed E-state index contributed by atoms with van der Waals surface area (Å²) in [5.74, 6) is 1.12. The summed E-state index contributed by atoms with van der Waals surface area (Å²) in [5.41, 5.74) is 2.41. The number of hydrogen-bond acceptors (Lipinski definition) is 7. The molecule has 1 N–H and O–H groups in total. The summed E-state index contributed by atoms with van der Waals surface area (Å²) in [4.78, 5) is 13.5. The topological polar surface area (TPSA) is 100 Å². The van der Waals surface area contributed by atoms with Gasteiger partial charge in [-0.3, -0.25) is 4.79 Å². The summed E-state index contributed by atoms with van der Waals surface area (Å²) in [6.45, 7) is 4.28. The molecule has 2 heterocycles. The smallest absolute Gasteiger partial charge is 0.264 e.